The Balaban J connectivity index is 1.33. The van der Waals surface area contributed by atoms with Crippen LogP contribution in [0.2, 0.25) is 5.02 Å². The molecule has 4 aliphatic carbocycles. The number of ether oxygens (including phenoxy) is 2. The van der Waals surface area contributed by atoms with Gasteiger partial charge in [-0.3, -0.25) is 9.59 Å². The highest BCUT2D eigenvalue weighted by Crippen LogP contribution is 2.61. The molecule has 0 saturated heterocycles. The largest absolute Gasteiger partial charge is 0.490 e. The third-order valence-electron chi connectivity index (χ3n) is 8.22. The van der Waals surface area contributed by atoms with E-state index in [0.717, 1.165) is 30.6 Å². The van der Waals surface area contributed by atoms with Crippen LogP contribution in [0.4, 0.5) is 5.69 Å². The number of carboxylic acids is 1. The molecule has 8 nitrogen and oxygen atoms in total. The summed E-state index contributed by atoms with van der Waals surface area (Å²) in [5.74, 6) is 1.03. The molecule has 1 heterocycles. The number of carboxylic acid groups (broad SMARTS) is 1. The van der Waals surface area contributed by atoms with E-state index in [9.17, 15) is 14.7 Å². The lowest BCUT2D eigenvalue weighted by atomic mass is 9.48. The summed E-state index contributed by atoms with van der Waals surface area (Å²) in [5, 5.41) is 17.9. The number of hydrogen-bond donors (Lipinski definition) is 2. The third kappa shape index (κ3) is 4.33. The Morgan fingerprint density at radius 3 is 2.53 bits per heavy atom. The van der Waals surface area contributed by atoms with Crippen LogP contribution < -0.4 is 20.3 Å². The monoisotopic (exact) mass is 515 g/mol. The number of aliphatic carboxylic acids is 1. The molecule has 1 aromatic heterocycles. The number of halogens is 1. The zero-order valence-corrected chi connectivity index (χ0v) is 21.6. The van der Waals surface area contributed by atoms with Gasteiger partial charge in [0.25, 0.3) is 5.56 Å². The second kappa shape index (κ2) is 9.96. The van der Waals surface area contributed by atoms with E-state index in [1.165, 1.54) is 4.68 Å². The van der Waals surface area contributed by atoms with Gasteiger partial charge in [0.05, 0.1) is 36.6 Å². The van der Waals surface area contributed by atoms with Crippen molar-refractivity contribution in [1.29, 1.82) is 0 Å². The van der Waals surface area contributed by atoms with E-state index >= 15 is 0 Å². The molecule has 0 spiro atoms. The summed E-state index contributed by atoms with van der Waals surface area (Å²) in [6.07, 6.45) is 6.64. The number of rotatable bonds is 10. The summed E-state index contributed by atoms with van der Waals surface area (Å²) >= 11 is 6.55. The van der Waals surface area contributed by atoms with Gasteiger partial charge in [0.2, 0.25) is 0 Å². The molecule has 4 aliphatic rings. The average Bonchev–Trinajstić information content (AvgIpc) is 2.82. The van der Waals surface area contributed by atoms with E-state index < -0.39 is 23.0 Å². The SMILES string of the molecule is CCOc1ccc(CCNc2cnn(C34CC5CC(CC(C5)C3C(=O)O)C4)c(=O)c2Cl)cc1OCC. The molecule has 0 aliphatic heterocycles. The van der Waals surface area contributed by atoms with Gasteiger partial charge in [0, 0.05) is 6.54 Å². The van der Waals surface area contributed by atoms with Crippen molar-refractivity contribution < 1.29 is 19.4 Å². The van der Waals surface area contributed by atoms with Gasteiger partial charge in [0.15, 0.2) is 11.5 Å². The van der Waals surface area contributed by atoms with Crippen LogP contribution in [0.1, 0.15) is 51.5 Å². The smallest absolute Gasteiger partial charge is 0.309 e. The molecule has 4 fully saturated rings. The van der Waals surface area contributed by atoms with Gasteiger partial charge in [0.1, 0.15) is 5.02 Å². The van der Waals surface area contributed by atoms with Crippen LogP contribution in [0.25, 0.3) is 0 Å². The van der Waals surface area contributed by atoms with Gasteiger partial charge in [-0.2, -0.15) is 5.10 Å². The summed E-state index contributed by atoms with van der Waals surface area (Å²) in [6, 6.07) is 5.86. The molecule has 0 radical (unpaired) electrons. The fourth-order valence-corrected chi connectivity index (χ4v) is 7.40. The van der Waals surface area contributed by atoms with Gasteiger partial charge in [-0.25, -0.2) is 4.68 Å². The summed E-state index contributed by atoms with van der Waals surface area (Å²) in [4.78, 5) is 25.8. The number of anilines is 1. The first kappa shape index (κ1) is 24.9. The number of hydrogen-bond acceptors (Lipinski definition) is 6. The molecular weight excluding hydrogens is 482 g/mol. The predicted octanol–water partition coefficient (Wildman–Crippen LogP) is 4.58. The first-order chi connectivity index (χ1) is 17.4. The highest BCUT2D eigenvalue weighted by molar-refractivity contribution is 6.32. The van der Waals surface area contributed by atoms with Crippen molar-refractivity contribution in [2.45, 2.75) is 57.9 Å². The van der Waals surface area contributed by atoms with Crippen molar-refractivity contribution in [2.75, 3.05) is 25.1 Å². The Hall–Kier alpha value is -2.74. The fraction of sp³-hybridized carbons (Fsp3) is 0.593. The first-order valence-corrected chi connectivity index (χ1v) is 13.4. The van der Waals surface area contributed by atoms with E-state index in [4.69, 9.17) is 21.1 Å². The fourth-order valence-electron chi connectivity index (χ4n) is 7.20. The number of carbonyl (C=O) groups is 1. The standard InChI is InChI=1S/C27H34ClN3O5/c1-3-35-21-6-5-16(12-22(21)36-4-2)7-8-29-20-15-30-31(25(32)24(20)28)27-13-17-9-18(14-27)11-19(10-17)23(27)26(33)34/h5-6,12,15,17-19,23,29H,3-4,7-11,13-14H2,1-2H3,(H,33,34). The van der Waals surface area contributed by atoms with E-state index in [2.05, 4.69) is 10.4 Å². The van der Waals surface area contributed by atoms with Crippen LogP contribution in [0, 0.1) is 23.7 Å². The molecule has 1 aromatic carbocycles. The van der Waals surface area contributed by atoms with Crippen LogP contribution in [0.5, 0.6) is 11.5 Å². The Kier molecular flexibility index (Phi) is 6.90. The van der Waals surface area contributed by atoms with Crippen molar-refractivity contribution >= 4 is 23.3 Å². The Labute approximate surface area is 215 Å². The lowest BCUT2D eigenvalue weighted by Crippen LogP contribution is -2.63. The molecule has 6 rings (SSSR count). The van der Waals surface area contributed by atoms with Crippen molar-refractivity contribution in [3.63, 3.8) is 0 Å². The second-order valence-corrected chi connectivity index (χ2v) is 10.8. The van der Waals surface area contributed by atoms with Crippen molar-refractivity contribution in [1.82, 2.24) is 9.78 Å². The van der Waals surface area contributed by atoms with E-state index in [-0.39, 0.29) is 10.9 Å². The zero-order chi connectivity index (χ0) is 25.4. The molecule has 4 saturated carbocycles. The Morgan fingerprint density at radius 2 is 1.86 bits per heavy atom. The van der Waals surface area contributed by atoms with E-state index in [0.29, 0.717) is 62.3 Å². The van der Waals surface area contributed by atoms with Crippen LogP contribution in [-0.4, -0.2) is 40.6 Å². The number of benzene rings is 1. The van der Waals surface area contributed by atoms with Crippen LogP contribution in [-0.2, 0) is 16.8 Å². The highest BCUT2D eigenvalue weighted by atomic mass is 35.5. The average molecular weight is 516 g/mol. The molecule has 2 N–H and O–H groups in total. The van der Waals surface area contributed by atoms with Gasteiger partial charge in [-0.15, -0.1) is 0 Å². The minimum atomic E-state index is -0.826. The summed E-state index contributed by atoms with van der Waals surface area (Å²) in [7, 11) is 0. The van der Waals surface area contributed by atoms with Gasteiger partial charge < -0.3 is 19.9 Å². The topological polar surface area (TPSA) is 103 Å². The van der Waals surface area contributed by atoms with E-state index in [1.807, 2.05) is 32.0 Å². The Bertz CT molecular complexity index is 1180. The normalized spacial score (nSPS) is 28.2. The number of aromatic nitrogens is 2. The molecule has 2 aromatic rings. The maximum absolute atomic E-state index is 13.4. The molecule has 9 heteroatoms. The molecule has 36 heavy (non-hydrogen) atoms. The van der Waals surface area contributed by atoms with Crippen LogP contribution >= 0.6 is 11.6 Å². The Morgan fingerprint density at radius 1 is 1.17 bits per heavy atom. The molecule has 0 amide bonds. The lowest BCUT2D eigenvalue weighted by molar-refractivity contribution is -0.168. The molecule has 4 bridgehead atoms. The van der Waals surface area contributed by atoms with Crippen molar-refractivity contribution in [3.05, 3.63) is 45.3 Å². The zero-order valence-electron chi connectivity index (χ0n) is 20.8. The second-order valence-electron chi connectivity index (χ2n) is 10.4. The van der Waals surface area contributed by atoms with Crippen LogP contribution in [0.15, 0.2) is 29.2 Å². The number of nitrogens with zero attached hydrogens (tertiary/aromatic N) is 2. The highest BCUT2D eigenvalue weighted by Gasteiger charge is 2.61. The minimum Gasteiger partial charge on any atom is -0.490 e. The van der Waals surface area contributed by atoms with Crippen LogP contribution in [0.3, 0.4) is 0 Å². The predicted molar refractivity (Wildman–Crippen MR) is 137 cm³/mol. The van der Waals surface area contributed by atoms with E-state index in [1.54, 1.807) is 6.20 Å². The third-order valence-corrected chi connectivity index (χ3v) is 8.58. The maximum atomic E-state index is 13.4. The van der Waals surface area contributed by atoms with Crippen molar-refractivity contribution in [3.8, 4) is 11.5 Å². The van der Waals surface area contributed by atoms with Gasteiger partial charge >= 0.3 is 5.97 Å². The van der Waals surface area contributed by atoms with Crippen molar-refractivity contribution in [2.24, 2.45) is 23.7 Å². The summed E-state index contributed by atoms with van der Waals surface area (Å²) in [5.41, 5.74) is 0.336. The molecule has 3 unspecified atom stereocenters. The van der Waals surface area contributed by atoms with Gasteiger partial charge in [-0.1, -0.05) is 17.7 Å². The summed E-state index contributed by atoms with van der Waals surface area (Å²) in [6.45, 7) is 5.52. The molecule has 3 atom stereocenters. The maximum Gasteiger partial charge on any atom is 0.309 e. The lowest BCUT2D eigenvalue weighted by Gasteiger charge is -2.59. The quantitative estimate of drug-likeness (QED) is 0.477. The van der Waals surface area contributed by atoms with Gasteiger partial charge in [-0.05, 0) is 87.8 Å². The molecule has 194 valence electrons. The summed E-state index contributed by atoms with van der Waals surface area (Å²) < 4.78 is 12.8. The molecular formula is C27H34ClN3O5. The number of nitrogens with one attached hydrogen (secondary N) is 1. The first-order valence-electron chi connectivity index (χ1n) is 13.0. The minimum absolute atomic E-state index is 0.0617.